The Morgan fingerprint density at radius 1 is 1.32 bits per heavy atom. The van der Waals surface area contributed by atoms with Gasteiger partial charge in [-0.2, -0.15) is 0 Å². The van der Waals surface area contributed by atoms with Crippen LogP contribution in [0.15, 0.2) is 41.0 Å². The number of hydrogen-bond acceptors (Lipinski definition) is 2. The second-order valence-corrected chi connectivity index (χ2v) is 6.29. The molecule has 0 N–H and O–H groups in total. The average Bonchev–Trinajstić information content (AvgIpc) is 2.41. The lowest BCUT2D eigenvalue weighted by Crippen LogP contribution is -2.00. The van der Waals surface area contributed by atoms with Crippen molar-refractivity contribution in [3.05, 3.63) is 57.8 Å². The number of halogens is 2. The van der Waals surface area contributed by atoms with E-state index in [1.807, 2.05) is 18.3 Å². The van der Waals surface area contributed by atoms with Gasteiger partial charge in [0, 0.05) is 23.1 Å². The summed E-state index contributed by atoms with van der Waals surface area (Å²) < 4.78 is 6.21. The maximum atomic E-state index is 5.24. The molecular weight excluding hydrogens is 370 g/mol. The van der Waals surface area contributed by atoms with Crippen LogP contribution in [-0.4, -0.2) is 12.1 Å². The minimum atomic E-state index is 0.239. The van der Waals surface area contributed by atoms with Crippen LogP contribution in [0.4, 0.5) is 0 Å². The van der Waals surface area contributed by atoms with E-state index in [1.54, 1.807) is 7.11 Å². The molecule has 0 fully saturated rings. The summed E-state index contributed by atoms with van der Waals surface area (Å²) in [5, 5.41) is 0. The zero-order chi connectivity index (χ0) is 13.8. The van der Waals surface area contributed by atoms with Crippen molar-refractivity contribution >= 4 is 31.9 Å². The van der Waals surface area contributed by atoms with E-state index in [4.69, 9.17) is 4.74 Å². The number of alkyl halides is 1. The van der Waals surface area contributed by atoms with E-state index >= 15 is 0 Å². The van der Waals surface area contributed by atoms with E-state index in [-0.39, 0.29) is 4.83 Å². The summed E-state index contributed by atoms with van der Waals surface area (Å²) in [6.45, 7) is 2.09. The molecule has 2 aromatic rings. The van der Waals surface area contributed by atoms with Crippen molar-refractivity contribution in [2.24, 2.45) is 0 Å². The average molecular weight is 385 g/mol. The molecule has 2 nitrogen and oxygen atoms in total. The van der Waals surface area contributed by atoms with Crippen molar-refractivity contribution in [3.8, 4) is 5.75 Å². The highest BCUT2D eigenvalue weighted by molar-refractivity contribution is 9.10. The quantitative estimate of drug-likeness (QED) is 0.703. The standard InChI is InChI=1S/C15H15Br2NO/c1-10-4-3-7-18-14(10)9-12(16)11-5-6-15(19-2)13(17)8-11/h3-8,12H,9H2,1-2H3. The normalized spacial score (nSPS) is 12.2. The van der Waals surface area contributed by atoms with Gasteiger partial charge >= 0.3 is 0 Å². The minimum absolute atomic E-state index is 0.239. The molecule has 19 heavy (non-hydrogen) atoms. The summed E-state index contributed by atoms with van der Waals surface area (Å²) in [4.78, 5) is 4.67. The Morgan fingerprint density at radius 2 is 2.11 bits per heavy atom. The first kappa shape index (κ1) is 14.5. The van der Waals surface area contributed by atoms with Gasteiger partial charge in [0.15, 0.2) is 0 Å². The lowest BCUT2D eigenvalue weighted by molar-refractivity contribution is 0.412. The first-order valence-electron chi connectivity index (χ1n) is 6.00. The summed E-state index contributed by atoms with van der Waals surface area (Å²) in [6.07, 6.45) is 2.71. The van der Waals surface area contributed by atoms with Gasteiger partial charge in [0.25, 0.3) is 0 Å². The lowest BCUT2D eigenvalue weighted by atomic mass is 10.1. The molecule has 1 unspecified atom stereocenters. The van der Waals surface area contributed by atoms with Crippen LogP contribution < -0.4 is 4.74 Å². The van der Waals surface area contributed by atoms with Crippen molar-refractivity contribution in [2.45, 2.75) is 18.2 Å². The van der Waals surface area contributed by atoms with E-state index in [1.165, 1.54) is 11.1 Å². The van der Waals surface area contributed by atoms with Gasteiger partial charge in [-0.1, -0.05) is 28.1 Å². The summed E-state index contributed by atoms with van der Waals surface area (Å²) in [5.41, 5.74) is 3.55. The maximum Gasteiger partial charge on any atom is 0.133 e. The number of ether oxygens (including phenoxy) is 1. The Hall–Kier alpha value is -0.870. The summed E-state index contributed by atoms with van der Waals surface area (Å²) in [5.74, 6) is 0.845. The Kier molecular flexibility index (Phi) is 4.99. The second kappa shape index (κ2) is 6.53. The molecule has 100 valence electrons. The molecule has 0 saturated heterocycles. The molecule has 1 atom stereocenters. The highest BCUT2D eigenvalue weighted by Gasteiger charge is 2.12. The van der Waals surface area contributed by atoms with Crippen molar-refractivity contribution in [3.63, 3.8) is 0 Å². The first-order chi connectivity index (χ1) is 9.11. The third-order valence-electron chi connectivity index (χ3n) is 3.03. The van der Waals surface area contributed by atoms with Crippen LogP contribution in [0.25, 0.3) is 0 Å². The third-order valence-corrected chi connectivity index (χ3v) is 4.50. The molecule has 0 radical (unpaired) electrons. The van der Waals surface area contributed by atoms with E-state index in [2.05, 4.69) is 62.0 Å². The number of rotatable bonds is 4. The van der Waals surface area contributed by atoms with Gasteiger partial charge in [0.1, 0.15) is 5.75 Å². The molecule has 0 amide bonds. The molecule has 0 aliphatic rings. The van der Waals surface area contributed by atoms with Gasteiger partial charge < -0.3 is 4.74 Å². The van der Waals surface area contributed by atoms with Gasteiger partial charge in [0.05, 0.1) is 11.6 Å². The predicted molar refractivity (Wildman–Crippen MR) is 85.0 cm³/mol. The smallest absolute Gasteiger partial charge is 0.133 e. The summed E-state index contributed by atoms with van der Waals surface area (Å²) >= 11 is 7.25. The fourth-order valence-corrected chi connectivity index (χ4v) is 3.05. The number of methoxy groups -OCH3 is 1. The fourth-order valence-electron chi connectivity index (χ4n) is 1.90. The SMILES string of the molecule is COc1ccc(C(Br)Cc2ncccc2C)cc1Br. The number of nitrogens with zero attached hydrogens (tertiary/aromatic N) is 1. The Bertz CT molecular complexity index is 572. The Morgan fingerprint density at radius 3 is 2.74 bits per heavy atom. The number of pyridine rings is 1. The maximum absolute atomic E-state index is 5.24. The van der Waals surface area contributed by atoms with Crippen LogP contribution in [0.5, 0.6) is 5.75 Å². The third kappa shape index (κ3) is 3.57. The molecule has 1 aromatic heterocycles. The monoisotopic (exact) mass is 383 g/mol. The Balaban J connectivity index is 2.18. The van der Waals surface area contributed by atoms with Crippen molar-refractivity contribution in [1.82, 2.24) is 4.98 Å². The van der Waals surface area contributed by atoms with Gasteiger partial charge in [-0.15, -0.1) is 0 Å². The van der Waals surface area contributed by atoms with Crippen LogP contribution in [0, 0.1) is 6.92 Å². The second-order valence-electron chi connectivity index (χ2n) is 4.33. The number of aryl methyl sites for hydroxylation is 1. The highest BCUT2D eigenvalue weighted by atomic mass is 79.9. The minimum Gasteiger partial charge on any atom is -0.496 e. The van der Waals surface area contributed by atoms with Crippen LogP contribution >= 0.6 is 31.9 Å². The van der Waals surface area contributed by atoms with E-state index < -0.39 is 0 Å². The van der Waals surface area contributed by atoms with Crippen LogP contribution in [0.2, 0.25) is 0 Å². The topological polar surface area (TPSA) is 22.1 Å². The number of benzene rings is 1. The molecule has 0 bridgehead atoms. The molecule has 2 rings (SSSR count). The molecule has 0 saturated carbocycles. The highest BCUT2D eigenvalue weighted by Crippen LogP contribution is 2.33. The van der Waals surface area contributed by atoms with Crippen LogP contribution in [0.1, 0.15) is 21.6 Å². The van der Waals surface area contributed by atoms with E-state index in [9.17, 15) is 0 Å². The molecule has 0 aliphatic heterocycles. The van der Waals surface area contributed by atoms with Gasteiger partial charge in [-0.25, -0.2) is 0 Å². The van der Waals surface area contributed by atoms with Crippen LogP contribution in [-0.2, 0) is 6.42 Å². The van der Waals surface area contributed by atoms with Crippen molar-refractivity contribution in [2.75, 3.05) is 7.11 Å². The molecule has 1 heterocycles. The molecule has 4 heteroatoms. The first-order valence-corrected chi connectivity index (χ1v) is 7.70. The lowest BCUT2D eigenvalue weighted by Gasteiger charge is -2.13. The van der Waals surface area contributed by atoms with Crippen molar-refractivity contribution < 1.29 is 4.74 Å². The van der Waals surface area contributed by atoms with Gasteiger partial charge in [0.2, 0.25) is 0 Å². The number of aromatic nitrogens is 1. The molecule has 0 aliphatic carbocycles. The van der Waals surface area contributed by atoms with Crippen molar-refractivity contribution in [1.29, 1.82) is 0 Å². The zero-order valence-electron chi connectivity index (χ0n) is 10.9. The summed E-state index contributed by atoms with van der Waals surface area (Å²) in [7, 11) is 1.67. The molecule has 1 aromatic carbocycles. The Labute approximate surface area is 130 Å². The van der Waals surface area contributed by atoms with E-state index in [0.717, 1.165) is 22.3 Å². The van der Waals surface area contributed by atoms with Gasteiger partial charge in [-0.3, -0.25) is 4.98 Å². The number of hydrogen-bond donors (Lipinski definition) is 0. The zero-order valence-corrected chi connectivity index (χ0v) is 14.0. The predicted octanol–water partition coefficient (Wildman–Crippen LogP) is 4.84. The molecular formula is C15H15Br2NO. The van der Waals surface area contributed by atoms with E-state index in [0.29, 0.717) is 0 Å². The van der Waals surface area contributed by atoms with Gasteiger partial charge in [-0.05, 0) is 52.2 Å². The van der Waals surface area contributed by atoms with Crippen LogP contribution in [0.3, 0.4) is 0 Å². The largest absolute Gasteiger partial charge is 0.496 e. The fraction of sp³-hybridized carbons (Fsp3) is 0.267. The molecule has 0 spiro atoms. The summed E-state index contributed by atoms with van der Waals surface area (Å²) in [6, 6.07) is 10.2.